The summed E-state index contributed by atoms with van der Waals surface area (Å²) >= 11 is 6.25. The quantitative estimate of drug-likeness (QED) is 0.348. The third-order valence-corrected chi connectivity index (χ3v) is 5.54. The molecule has 0 fully saturated rings. The fourth-order valence-corrected chi connectivity index (χ4v) is 3.67. The minimum Gasteiger partial charge on any atom is -0.462 e. The highest BCUT2D eigenvalue weighted by molar-refractivity contribution is 6.34. The molecule has 0 bridgehead atoms. The van der Waals surface area contributed by atoms with E-state index in [-0.39, 0.29) is 39.7 Å². The molecule has 180 valence electrons. The minimum atomic E-state index is -4.59. The molecule has 35 heavy (non-hydrogen) atoms. The van der Waals surface area contributed by atoms with Crippen LogP contribution in [0.2, 0.25) is 5.02 Å². The number of hydrogen-bond acceptors (Lipinski definition) is 5. The van der Waals surface area contributed by atoms with Crippen molar-refractivity contribution < 1.29 is 27.5 Å². The molecule has 4 rings (SSSR count). The Balaban J connectivity index is 1.69. The van der Waals surface area contributed by atoms with Crippen LogP contribution < -0.4 is 5.32 Å². The number of nitrogens with zero attached hydrogens (tertiary/aromatic N) is 3. The number of rotatable bonds is 5. The first-order valence-electron chi connectivity index (χ1n) is 10.4. The van der Waals surface area contributed by atoms with Gasteiger partial charge in [0, 0.05) is 17.3 Å². The number of carbonyl (C=O) groups is 2. The van der Waals surface area contributed by atoms with Gasteiger partial charge in [-0.15, -0.1) is 0 Å². The van der Waals surface area contributed by atoms with Gasteiger partial charge in [0.15, 0.2) is 5.65 Å². The number of benzene rings is 2. The summed E-state index contributed by atoms with van der Waals surface area (Å²) in [6.07, 6.45) is -1.75. The molecule has 0 saturated carbocycles. The van der Waals surface area contributed by atoms with Gasteiger partial charge in [0.05, 0.1) is 34.8 Å². The molecule has 7 nitrogen and oxygen atoms in total. The first-order valence-corrected chi connectivity index (χ1v) is 10.8. The van der Waals surface area contributed by atoms with E-state index in [1.165, 1.54) is 42.0 Å². The summed E-state index contributed by atoms with van der Waals surface area (Å²) in [6, 6.07) is 9.76. The third kappa shape index (κ3) is 4.83. The predicted octanol–water partition coefficient (Wildman–Crippen LogP) is 5.81. The van der Waals surface area contributed by atoms with Crippen LogP contribution in [0, 0.1) is 6.92 Å². The van der Waals surface area contributed by atoms with Crippen LogP contribution in [0.1, 0.15) is 38.8 Å². The molecule has 0 aliphatic carbocycles. The lowest BCUT2D eigenvalue weighted by atomic mass is 10.0. The molecule has 4 aromatic rings. The Hall–Kier alpha value is -3.92. The Morgan fingerprint density at radius 2 is 1.91 bits per heavy atom. The molecule has 0 atom stereocenters. The van der Waals surface area contributed by atoms with Crippen molar-refractivity contribution in [2.45, 2.75) is 20.0 Å². The summed E-state index contributed by atoms with van der Waals surface area (Å²) in [7, 11) is 0. The van der Waals surface area contributed by atoms with E-state index >= 15 is 0 Å². The predicted molar refractivity (Wildman–Crippen MR) is 124 cm³/mol. The molecule has 2 heterocycles. The maximum atomic E-state index is 13.3. The van der Waals surface area contributed by atoms with Crippen LogP contribution in [0.4, 0.5) is 18.9 Å². The summed E-state index contributed by atoms with van der Waals surface area (Å²) in [6.45, 7) is 3.21. The minimum absolute atomic E-state index is 0.0113. The molecular weight excluding hydrogens is 485 g/mol. The first kappa shape index (κ1) is 24.2. The number of anilines is 1. The van der Waals surface area contributed by atoms with Crippen molar-refractivity contribution in [3.05, 3.63) is 82.1 Å². The number of amides is 1. The van der Waals surface area contributed by atoms with E-state index in [2.05, 4.69) is 15.4 Å². The summed E-state index contributed by atoms with van der Waals surface area (Å²) in [5, 5.41) is 6.98. The molecule has 0 aliphatic rings. The van der Waals surface area contributed by atoms with E-state index in [4.69, 9.17) is 16.3 Å². The number of nitrogens with one attached hydrogen (secondary N) is 1. The zero-order chi connectivity index (χ0) is 25.3. The van der Waals surface area contributed by atoms with Crippen LogP contribution in [-0.4, -0.2) is 33.1 Å². The average Bonchev–Trinajstić information content (AvgIpc) is 3.24. The molecule has 0 radical (unpaired) electrons. The van der Waals surface area contributed by atoms with Crippen molar-refractivity contribution in [2.24, 2.45) is 0 Å². The molecule has 0 saturated heterocycles. The van der Waals surface area contributed by atoms with Gasteiger partial charge < -0.3 is 10.1 Å². The van der Waals surface area contributed by atoms with Crippen LogP contribution in [0.25, 0.3) is 16.9 Å². The van der Waals surface area contributed by atoms with Gasteiger partial charge in [-0.2, -0.15) is 18.3 Å². The SMILES string of the molecule is CCOC(=O)c1cnn2c(-c3ccc(Cl)c(NC(=O)c4ccc(C)c(C(F)(F)F)c4)c3)ccnc12. The monoisotopic (exact) mass is 502 g/mol. The van der Waals surface area contributed by atoms with Gasteiger partial charge in [-0.25, -0.2) is 14.3 Å². The van der Waals surface area contributed by atoms with E-state index in [9.17, 15) is 22.8 Å². The number of fused-ring (bicyclic) bond motifs is 1. The van der Waals surface area contributed by atoms with Gasteiger partial charge >= 0.3 is 12.1 Å². The summed E-state index contributed by atoms with van der Waals surface area (Å²) in [5.41, 5.74) is 0.713. The zero-order valence-corrected chi connectivity index (χ0v) is 19.2. The Morgan fingerprint density at radius 3 is 2.63 bits per heavy atom. The number of aromatic nitrogens is 3. The highest BCUT2D eigenvalue weighted by atomic mass is 35.5. The molecule has 0 spiro atoms. The number of esters is 1. The second-order valence-electron chi connectivity index (χ2n) is 7.52. The van der Waals surface area contributed by atoms with Crippen molar-refractivity contribution in [1.82, 2.24) is 14.6 Å². The van der Waals surface area contributed by atoms with Crippen molar-refractivity contribution in [3.63, 3.8) is 0 Å². The third-order valence-electron chi connectivity index (χ3n) is 5.21. The van der Waals surface area contributed by atoms with Crippen LogP contribution in [-0.2, 0) is 10.9 Å². The largest absolute Gasteiger partial charge is 0.462 e. The lowest BCUT2D eigenvalue weighted by Gasteiger charge is -2.13. The Kier molecular flexibility index (Phi) is 6.49. The lowest BCUT2D eigenvalue weighted by molar-refractivity contribution is -0.138. The standard InChI is InChI=1S/C24H18ClF3N4O3/c1-3-35-23(34)16-12-30-32-20(8-9-29-21(16)32)14-6-7-18(25)19(11-14)31-22(33)15-5-4-13(2)17(10-15)24(26,27)28/h4-12H,3H2,1-2H3,(H,31,33). The zero-order valence-electron chi connectivity index (χ0n) is 18.5. The Morgan fingerprint density at radius 1 is 1.14 bits per heavy atom. The number of carbonyl (C=O) groups excluding carboxylic acids is 2. The molecule has 0 unspecified atom stereocenters. The van der Waals surface area contributed by atoms with Gasteiger partial charge in [-0.3, -0.25) is 4.79 Å². The van der Waals surface area contributed by atoms with Gasteiger partial charge in [-0.1, -0.05) is 23.7 Å². The normalized spacial score (nSPS) is 11.5. The smallest absolute Gasteiger partial charge is 0.416 e. The van der Waals surface area contributed by atoms with Gasteiger partial charge in [0.25, 0.3) is 5.91 Å². The number of ether oxygens (including phenoxy) is 1. The fraction of sp³-hybridized carbons (Fsp3) is 0.167. The molecule has 0 aliphatic heterocycles. The maximum absolute atomic E-state index is 13.3. The molecule has 2 aromatic carbocycles. The van der Waals surface area contributed by atoms with Crippen LogP contribution in [0.5, 0.6) is 0 Å². The van der Waals surface area contributed by atoms with Gasteiger partial charge in [0.1, 0.15) is 5.56 Å². The maximum Gasteiger partial charge on any atom is 0.416 e. The van der Waals surface area contributed by atoms with Crippen molar-refractivity contribution in [1.29, 1.82) is 0 Å². The number of alkyl halides is 3. The van der Waals surface area contributed by atoms with E-state index in [1.54, 1.807) is 25.1 Å². The highest BCUT2D eigenvalue weighted by Crippen LogP contribution is 2.33. The molecule has 2 aromatic heterocycles. The summed E-state index contributed by atoms with van der Waals surface area (Å²) < 4.78 is 46.2. The number of hydrogen-bond donors (Lipinski definition) is 1. The molecular formula is C24H18ClF3N4O3. The average molecular weight is 503 g/mol. The summed E-state index contributed by atoms with van der Waals surface area (Å²) in [5.74, 6) is -1.31. The van der Waals surface area contributed by atoms with Crippen molar-refractivity contribution in [2.75, 3.05) is 11.9 Å². The van der Waals surface area contributed by atoms with Crippen LogP contribution in [0.15, 0.2) is 54.9 Å². The summed E-state index contributed by atoms with van der Waals surface area (Å²) in [4.78, 5) is 29.1. The highest BCUT2D eigenvalue weighted by Gasteiger charge is 2.33. The van der Waals surface area contributed by atoms with Crippen molar-refractivity contribution in [3.8, 4) is 11.3 Å². The fourth-order valence-electron chi connectivity index (χ4n) is 3.51. The second-order valence-corrected chi connectivity index (χ2v) is 7.93. The lowest BCUT2D eigenvalue weighted by Crippen LogP contribution is -2.15. The molecule has 11 heteroatoms. The van der Waals surface area contributed by atoms with E-state index in [0.29, 0.717) is 11.3 Å². The number of aryl methyl sites for hydroxylation is 1. The Labute approximate surface area is 202 Å². The van der Waals surface area contributed by atoms with Crippen LogP contribution >= 0.6 is 11.6 Å². The Bertz CT molecular complexity index is 1450. The van der Waals surface area contributed by atoms with Crippen LogP contribution in [0.3, 0.4) is 0 Å². The van der Waals surface area contributed by atoms with Gasteiger partial charge in [0.2, 0.25) is 0 Å². The van der Waals surface area contributed by atoms with Crippen molar-refractivity contribution >= 4 is 34.8 Å². The van der Waals surface area contributed by atoms with E-state index < -0.39 is 23.6 Å². The van der Waals surface area contributed by atoms with Gasteiger partial charge in [-0.05, 0) is 49.7 Å². The second kappa shape index (κ2) is 9.38. The molecule has 1 amide bonds. The molecule has 1 N–H and O–H groups in total. The first-order chi connectivity index (χ1) is 16.6. The topological polar surface area (TPSA) is 85.6 Å². The number of halogens is 4. The van der Waals surface area contributed by atoms with E-state index in [0.717, 1.165) is 6.07 Å². The van der Waals surface area contributed by atoms with E-state index in [1.807, 2.05) is 0 Å².